The van der Waals surface area contributed by atoms with Gasteiger partial charge in [0.15, 0.2) is 0 Å². The molecule has 0 saturated carbocycles. The van der Waals surface area contributed by atoms with Crippen LogP contribution in [0.1, 0.15) is 13.3 Å². The van der Waals surface area contributed by atoms with E-state index in [4.69, 9.17) is 11.5 Å². The molecule has 0 aromatic carbocycles. The fourth-order valence-electron chi connectivity index (χ4n) is 1.43. The van der Waals surface area contributed by atoms with Gasteiger partial charge in [-0.15, -0.1) is 12.6 Å². The number of hydrogen-bond acceptors (Lipinski definition) is 3. The van der Waals surface area contributed by atoms with Crippen molar-refractivity contribution < 1.29 is 0 Å². The van der Waals surface area contributed by atoms with E-state index >= 15 is 0 Å². The van der Waals surface area contributed by atoms with Crippen molar-refractivity contribution in [2.24, 2.45) is 17.4 Å². The molecular formula is C9H16N2S. The van der Waals surface area contributed by atoms with Crippen LogP contribution in [0.25, 0.3) is 0 Å². The molecule has 0 fully saturated rings. The number of thiol groups is 1. The first kappa shape index (κ1) is 9.84. The van der Waals surface area contributed by atoms with Gasteiger partial charge < -0.3 is 11.5 Å². The summed E-state index contributed by atoms with van der Waals surface area (Å²) in [6.07, 6.45) is 5.11. The van der Waals surface area contributed by atoms with Crippen LogP contribution >= 0.6 is 12.6 Å². The Hall–Kier alpha value is -0.250. The zero-order valence-electron chi connectivity index (χ0n) is 7.33. The predicted molar refractivity (Wildman–Crippen MR) is 56.0 cm³/mol. The molecule has 0 radical (unpaired) electrons. The molecule has 0 bridgehead atoms. The van der Waals surface area contributed by atoms with Crippen molar-refractivity contribution in [2.75, 3.05) is 6.54 Å². The van der Waals surface area contributed by atoms with Crippen molar-refractivity contribution in [3.63, 3.8) is 0 Å². The van der Waals surface area contributed by atoms with Gasteiger partial charge in [0, 0.05) is 12.6 Å². The number of rotatable bonds is 1. The zero-order valence-corrected chi connectivity index (χ0v) is 8.22. The Labute approximate surface area is 79.1 Å². The largest absolute Gasteiger partial charge is 0.327 e. The van der Waals surface area contributed by atoms with Crippen molar-refractivity contribution in [1.29, 1.82) is 0 Å². The molecule has 68 valence electrons. The number of allylic oxidation sites excluding steroid dienone is 1. The molecule has 1 aliphatic rings. The second-order valence-electron chi connectivity index (χ2n) is 3.33. The fourth-order valence-corrected chi connectivity index (χ4v) is 1.70. The molecule has 0 saturated heterocycles. The van der Waals surface area contributed by atoms with Crippen LogP contribution in [0.15, 0.2) is 22.6 Å². The number of hydrogen-bond donors (Lipinski definition) is 3. The van der Waals surface area contributed by atoms with Crippen LogP contribution in [-0.4, -0.2) is 12.6 Å². The quantitative estimate of drug-likeness (QED) is 0.534. The van der Waals surface area contributed by atoms with E-state index in [1.54, 1.807) is 0 Å². The highest BCUT2D eigenvalue weighted by atomic mass is 32.1. The van der Waals surface area contributed by atoms with Gasteiger partial charge in [0.2, 0.25) is 0 Å². The Morgan fingerprint density at radius 3 is 2.92 bits per heavy atom. The van der Waals surface area contributed by atoms with Gasteiger partial charge >= 0.3 is 0 Å². The van der Waals surface area contributed by atoms with Crippen molar-refractivity contribution >= 4 is 12.6 Å². The zero-order chi connectivity index (χ0) is 9.14. The Morgan fingerprint density at radius 2 is 2.33 bits per heavy atom. The van der Waals surface area contributed by atoms with Crippen molar-refractivity contribution in [1.82, 2.24) is 0 Å². The van der Waals surface area contributed by atoms with Crippen LogP contribution in [0.5, 0.6) is 0 Å². The minimum Gasteiger partial charge on any atom is -0.327 e. The molecule has 0 heterocycles. The van der Waals surface area contributed by atoms with Crippen LogP contribution in [0, 0.1) is 5.92 Å². The van der Waals surface area contributed by atoms with Crippen LogP contribution in [-0.2, 0) is 0 Å². The summed E-state index contributed by atoms with van der Waals surface area (Å²) in [7, 11) is 0. The van der Waals surface area contributed by atoms with Crippen molar-refractivity contribution in [2.45, 2.75) is 19.4 Å². The average molecular weight is 184 g/mol. The Balaban J connectivity index is 2.84. The molecule has 0 amide bonds. The molecule has 1 rings (SSSR count). The van der Waals surface area contributed by atoms with E-state index in [0.717, 1.165) is 16.9 Å². The van der Waals surface area contributed by atoms with Gasteiger partial charge in [0.1, 0.15) is 0 Å². The van der Waals surface area contributed by atoms with Gasteiger partial charge in [0.05, 0.1) is 0 Å². The maximum Gasteiger partial charge on any atom is 0.0358 e. The van der Waals surface area contributed by atoms with Crippen molar-refractivity contribution in [3.8, 4) is 0 Å². The molecule has 1 aliphatic carbocycles. The average Bonchev–Trinajstić information content (AvgIpc) is 2.12. The Morgan fingerprint density at radius 1 is 1.67 bits per heavy atom. The lowest BCUT2D eigenvalue weighted by molar-refractivity contribution is 0.594. The van der Waals surface area contributed by atoms with Crippen LogP contribution in [0.4, 0.5) is 0 Å². The van der Waals surface area contributed by atoms with Gasteiger partial charge in [-0.05, 0) is 28.9 Å². The van der Waals surface area contributed by atoms with Gasteiger partial charge in [0.25, 0.3) is 0 Å². The number of nitrogens with two attached hydrogens (primary N) is 2. The first-order chi connectivity index (χ1) is 5.63. The molecule has 0 aromatic heterocycles. The normalized spacial score (nSPS) is 30.7. The smallest absolute Gasteiger partial charge is 0.0358 e. The minimum absolute atomic E-state index is 0.0728. The highest BCUT2D eigenvalue weighted by molar-refractivity contribution is 7.84. The lowest BCUT2D eigenvalue weighted by Gasteiger charge is -2.11. The van der Waals surface area contributed by atoms with Gasteiger partial charge in [-0.3, -0.25) is 0 Å². The molecule has 2 atom stereocenters. The Bertz CT molecular complexity index is 221. The molecule has 3 heteroatoms. The second kappa shape index (κ2) is 4.12. The van der Waals surface area contributed by atoms with Crippen LogP contribution < -0.4 is 11.5 Å². The van der Waals surface area contributed by atoms with E-state index in [2.05, 4.69) is 25.6 Å². The van der Waals surface area contributed by atoms with Gasteiger partial charge in [-0.2, -0.15) is 0 Å². The maximum absolute atomic E-state index is 5.87. The third-order valence-electron chi connectivity index (χ3n) is 2.07. The third kappa shape index (κ3) is 2.37. The van der Waals surface area contributed by atoms with Gasteiger partial charge in [-0.25, -0.2) is 0 Å². The molecule has 2 unspecified atom stereocenters. The fraction of sp³-hybridized carbons (Fsp3) is 0.556. The molecule has 12 heavy (non-hydrogen) atoms. The summed E-state index contributed by atoms with van der Waals surface area (Å²) in [6, 6.07) is 0.0728. The highest BCUT2D eigenvalue weighted by Crippen LogP contribution is 2.22. The summed E-state index contributed by atoms with van der Waals surface area (Å²) in [5, 5.41) is 0. The van der Waals surface area contributed by atoms with E-state index < -0.39 is 0 Å². The standard InChI is InChI=1S/C9H16N2S/c1-6-2-7(5-10)4-9(12)8(11)3-6/h2,4,6,8,12H,3,5,10-11H2,1H3. The first-order valence-electron chi connectivity index (χ1n) is 4.20. The third-order valence-corrected chi connectivity index (χ3v) is 2.53. The van der Waals surface area contributed by atoms with Crippen LogP contribution in [0.3, 0.4) is 0 Å². The van der Waals surface area contributed by atoms with Crippen LogP contribution in [0.2, 0.25) is 0 Å². The monoisotopic (exact) mass is 184 g/mol. The summed E-state index contributed by atoms with van der Waals surface area (Å²) in [6.45, 7) is 2.72. The van der Waals surface area contributed by atoms with E-state index in [1.807, 2.05) is 6.08 Å². The van der Waals surface area contributed by atoms with E-state index in [9.17, 15) is 0 Å². The lowest BCUT2D eigenvalue weighted by atomic mass is 10.0. The summed E-state index contributed by atoms with van der Waals surface area (Å²) in [5.74, 6) is 0.499. The maximum atomic E-state index is 5.87. The molecule has 0 aromatic rings. The molecule has 4 N–H and O–H groups in total. The highest BCUT2D eigenvalue weighted by Gasteiger charge is 2.13. The molecule has 0 aliphatic heterocycles. The molecule has 2 nitrogen and oxygen atoms in total. The lowest BCUT2D eigenvalue weighted by Crippen LogP contribution is -2.21. The predicted octanol–water partition coefficient (Wildman–Crippen LogP) is 1.05. The minimum atomic E-state index is 0.0728. The first-order valence-corrected chi connectivity index (χ1v) is 4.65. The van der Waals surface area contributed by atoms with E-state index in [1.165, 1.54) is 0 Å². The Kier molecular flexibility index (Phi) is 3.38. The summed E-state index contributed by atoms with van der Waals surface area (Å²) in [4.78, 5) is 0.941. The SMILES string of the molecule is CC1C=C(CN)C=C(S)C(N)C1. The van der Waals surface area contributed by atoms with E-state index in [-0.39, 0.29) is 6.04 Å². The summed E-state index contributed by atoms with van der Waals surface area (Å²) < 4.78 is 0. The summed E-state index contributed by atoms with van der Waals surface area (Å²) >= 11 is 4.32. The molecular weight excluding hydrogens is 168 g/mol. The topological polar surface area (TPSA) is 52.0 Å². The van der Waals surface area contributed by atoms with E-state index in [0.29, 0.717) is 12.5 Å². The molecule has 0 spiro atoms. The second-order valence-corrected chi connectivity index (χ2v) is 3.85. The summed E-state index contributed by atoms with van der Waals surface area (Å²) in [5.41, 5.74) is 12.6. The van der Waals surface area contributed by atoms with Crippen molar-refractivity contribution in [3.05, 3.63) is 22.6 Å². The van der Waals surface area contributed by atoms with Gasteiger partial charge in [-0.1, -0.05) is 13.0 Å².